The maximum Gasteiger partial charge on any atom is 0.229 e. The Labute approximate surface area is 223 Å². The molecule has 2 aliphatic rings. The molecule has 0 unspecified atom stereocenters. The Hall–Kier alpha value is -2.99. The number of amides is 1. The number of halogens is 1. The van der Waals surface area contributed by atoms with E-state index in [9.17, 15) is 4.79 Å². The van der Waals surface area contributed by atoms with Crippen LogP contribution >= 0.6 is 23.4 Å². The summed E-state index contributed by atoms with van der Waals surface area (Å²) < 4.78 is 0. The highest BCUT2D eigenvalue weighted by Crippen LogP contribution is 2.38. The summed E-state index contributed by atoms with van der Waals surface area (Å²) in [6, 6.07) is 5.48. The van der Waals surface area contributed by atoms with Crippen molar-refractivity contribution < 1.29 is 4.79 Å². The Morgan fingerprint density at radius 2 is 2.08 bits per heavy atom. The van der Waals surface area contributed by atoms with E-state index in [1.807, 2.05) is 30.0 Å². The van der Waals surface area contributed by atoms with Crippen LogP contribution in [0.15, 0.2) is 40.6 Å². The second-order valence-corrected chi connectivity index (χ2v) is 11.1. The molecule has 4 aromatic rings. The van der Waals surface area contributed by atoms with Crippen LogP contribution in [0.1, 0.15) is 19.0 Å². The molecule has 0 saturated carbocycles. The summed E-state index contributed by atoms with van der Waals surface area (Å²) in [6.07, 6.45) is 5.09. The molecule has 0 aromatic carbocycles. The van der Waals surface area contributed by atoms with Crippen LogP contribution in [-0.2, 0) is 11.2 Å². The standard InChI is InChI=1S/C25H28ClN9OS/c1-2-17-21(26)20-22(31-17)32-25(37-14-8-19-18(30-9-14)4-3-6-29-19)33-23(20)35-11-15(16(28)12-35)24(36)34-7-5-13(27)10-34/h3-4,6,8-9,13,15-16H,2,5,7,10-12,27-28H2,1H3,(H,31,32,33)/t13-,15+,16-/m1/s1. The van der Waals surface area contributed by atoms with Crippen molar-refractivity contribution in [2.45, 2.75) is 41.9 Å². The van der Waals surface area contributed by atoms with Crippen molar-refractivity contribution in [3.8, 4) is 0 Å². The number of anilines is 1. The Balaban J connectivity index is 1.35. The summed E-state index contributed by atoms with van der Waals surface area (Å²) in [7, 11) is 0. The van der Waals surface area contributed by atoms with Gasteiger partial charge in [0, 0.05) is 61.2 Å². The largest absolute Gasteiger partial charge is 0.353 e. The Kier molecular flexibility index (Phi) is 6.39. The van der Waals surface area contributed by atoms with Gasteiger partial charge in [0.05, 0.1) is 27.4 Å². The normalized spacial score (nSPS) is 22.0. The minimum Gasteiger partial charge on any atom is -0.353 e. The number of nitrogens with two attached hydrogens (primary N) is 2. The predicted octanol–water partition coefficient (Wildman–Crippen LogP) is 2.59. The quantitative estimate of drug-likeness (QED) is 0.327. The van der Waals surface area contributed by atoms with Gasteiger partial charge >= 0.3 is 0 Å². The van der Waals surface area contributed by atoms with Crippen LogP contribution in [0.5, 0.6) is 0 Å². The van der Waals surface area contributed by atoms with E-state index in [1.165, 1.54) is 11.8 Å². The van der Waals surface area contributed by atoms with E-state index in [1.54, 1.807) is 12.4 Å². The van der Waals surface area contributed by atoms with Crippen molar-refractivity contribution in [2.24, 2.45) is 17.4 Å². The van der Waals surface area contributed by atoms with Gasteiger partial charge in [0.25, 0.3) is 0 Å². The third kappa shape index (κ3) is 4.50. The number of carbonyl (C=O) groups excluding carboxylic acids is 1. The summed E-state index contributed by atoms with van der Waals surface area (Å²) in [5, 5.41) is 1.91. The number of nitrogens with zero attached hydrogens (tertiary/aromatic N) is 6. The smallest absolute Gasteiger partial charge is 0.229 e. The van der Waals surface area contributed by atoms with E-state index in [2.05, 4.69) is 19.9 Å². The van der Waals surface area contributed by atoms with Crippen molar-refractivity contribution in [1.29, 1.82) is 0 Å². The third-order valence-corrected chi connectivity index (χ3v) is 8.37. The maximum atomic E-state index is 13.3. The lowest BCUT2D eigenvalue weighted by molar-refractivity contribution is -0.134. The topological polar surface area (TPSA) is 143 Å². The molecule has 2 saturated heterocycles. The number of aromatic nitrogens is 5. The highest BCUT2D eigenvalue weighted by molar-refractivity contribution is 7.99. The molecule has 0 radical (unpaired) electrons. The van der Waals surface area contributed by atoms with E-state index in [4.69, 9.17) is 33.0 Å². The minimum absolute atomic E-state index is 0.0321. The van der Waals surface area contributed by atoms with E-state index >= 15 is 0 Å². The molecule has 5 N–H and O–H groups in total. The van der Waals surface area contributed by atoms with Gasteiger partial charge in [-0.15, -0.1) is 0 Å². The molecule has 0 spiro atoms. The second kappa shape index (κ2) is 9.71. The fourth-order valence-electron chi connectivity index (χ4n) is 5.17. The molecule has 1 amide bonds. The SMILES string of the molecule is CCc1[nH]c2nc(Sc3cnc4cccnc4c3)nc(N3C[C@@H](N)[C@@H](C(=O)N4CC[C@@H](N)C4)C3)c2c1Cl. The number of H-pyrrole nitrogens is 1. The number of hydrogen-bond acceptors (Lipinski definition) is 9. The number of nitrogens with one attached hydrogen (secondary N) is 1. The summed E-state index contributed by atoms with van der Waals surface area (Å²) in [5.41, 5.74) is 15.7. The zero-order chi connectivity index (χ0) is 25.7. The van der Waals surface area contributed by atoms with Gasteiger partial charge < -0.3 is 26.3 Å². The number of aryl methyl sites for hydroxylation is 1. The zero-order valence-corrected chi connectivity index (χ0v) is 22.0. The first kappa shape index (κ1) is 24.4. The third-order valence-electron chi connectivity index (χ3n) is 7.13. The van der Waals surface area contributed by atoms with E-state index < -0.39 is 0 Å². The predicted molar refractivity (Wildman–Crippen MR) is 145 cm³/mol. The first-order valence-electron chi connectivity index (χ1n) is 12.4. The molecule has 192 valence electrons. The van der Waals surface area contributed by atoms with E-state index in [-0.39, 0.29) is 23.9 Å². The zero-order valence-electron chi connectivity index (χ0n) is 20.4. The Morgan fingerprint density at radius 3 is 2.86 bits per heavy atom. The summed E-state index contributed by atoms with van der Waals surface area (Å²) >= 11 is 8.20. The molecule has 2 fully saturated rings. The van der Waals surface area contributed by atoms with Crippen molar-refractivity contribution in [1.82, 2.24) is 29.8 Å². The minimum atomic E-state index is -0.328. The molecular formula is C25H28ClN9OS. The summed E-state index contributed by atoms with van der Waals surface area (Å²) in [5.74, 6) is 0.418. The Morgan fingerprint density at radius 1 is 1.22 bits per heavy atom. The van der Waals surface area contributed by atoms with Gasteiger partial charge in [-0.1, -0.05) is 18.5 Å². The number of fused-ring (bicyclic) bond motifs is 2. The van der Waals surface area contributed by atoms with Crippen LogP contribution in [0, 0.1) is 5.92 Å². The van der Waals surface area contributed by atoms with Gasteiger partial charge in [-0.25, -0.2) is 9.97 Å². The average Bonchev–Trinajstić information content (AvgIpc) is 3.60. The fraction of sp³-hybridized carbons (Fsp3) is 0.400. The van der Waals surface area contributed by atoms with Crippen molar-refractivity contribution in [3.05, 3.63) is 41.3 Å². The van der Waals surface area contributed by atoms with Crippen molar-refractivity contribution in [2.75, 3.05) is 31.1 Å². The average molecular weight is 538 g/mol. The molecule has 4 aromatic heterocycles. The molecule has 0 aliphatic carbocycles. The maximum absolute atomic E-state index is 13.3. The highest BCUT2D eigenvalue weighted by atomic mass is 35.5. The molecular weight excluding hydrogens is 510 g/mol. The van der Waals surface area contributed by atoms with Gasteiger partial charge in [-0.2, -0.15) is 0 Å². The fourth-order valence-corrected chi connectivity index (χ4v) is 6.28. The highest BCUT2D eigenvalue weighted by Gasteiger charge is 2.40. The molecule has 2 aliphatic heterocycles. The van der Waals surface area contributed by atoms with E-state index in [0.29, 0.717) is 47.8 Å². The molecule has 10 nitrogen and oxygen atoms in total. The first-order valence-corrected chi connectivity index (χ1v) is 13.6. The first-order chi connectivity index (χ1) is 17.9. The molecule has 6 rings (SSSR count). The van der Waals surface area contributed by atoms with Crippen LogP contribution in [0.4, 0.5) is 5.82 Å². The number of carbonyl (C=O) groups is 1. The summed E-state index contributed by atoms with van der Waals surface area (Å²) in [6.45, 7) is 4.26. The van der Waals surface area contributed by atoms with Crippen molar-refractivity contribution >= 4 is 57.2 Å². The van der Waals surface area contributed by atoms with Crippen LogP contribution in [0.2, 0.25) is 5.02 Å². The van der Waals surface area contributed by atoms with Gasteiger partial charge in [0.1, 0.15) is 11.5 Å². The van der Waals surface area contributed by atoms with Gasteiger partial charge in [0.2, 0.25) is 5.91 Å². The van der Waals surface area contributed by atoms with E-state index in [0.717, 1.165) is 39.9 Å². The lowest BCUT2D eigenvalue weighted by Gasteiger charge is -2.22. The van der Waals surface area contributed by atoms with Gasteiger partial charge in [-0.3, -0.25) is 14.8 Å². The summed E-state index contributed by atoms with van der Waals surface area (Å²) in [4.78, 5) is 40.0. The number of pyridine rings is 2. The Bertz CT molecular complexity index is 1490. The van der Waals surface area contributed by atoms with Crippen LogP contribution < -0.4 is 16.4 Å². The molecule has 3 atom stereocenters. The molecule has 0 bridgehead atoms. The van der Waals surface area contributed by atoms with Crippen molar-refractivity contribution in [3.63, 3.8) is 0 Å². The number of aromatic amines is 1. The van der Waals surface area contributed by atoms with Crippen LogP contribution in [0.3, 0.4) is 0 Å². The monoisotopic (exact) mass is 537 g/mol. The van der Waals surface area contributed by atoms with Crippen LogP contribution in [0.25, 0.3) is 22.1 Å². The molecule has 6 heterocycles. The lowest BCUT2D eigenvalue weighted by Crippen LogP contribution is -2.43. The number of hydrogen-bond donors (Lipinski definition) is 3. The molecule has 12 heteroatoms. The van der Waals surface area contributed by atoms with Crippen LogP contribution in [-0.4, -0.2) is 74.0 Å². The lowest BCUT2D eigenvalue weighted by atomic mass is 10.0. The number of rotatable bonds is 5. The van der Waals surface area contributed by atoms with Gasteiger partial charge in [0.15, 0.2) is 5.16 Å². The number of likely N-dealkylation sites (tertiary alicyclic amines) is 1. The molecule has 37 heavy (non-hydrogen) atoms. The second-order valence-electron chi connectivity index (χ2n) is 9.65. The van der Waals surface area contributed by atoms with Gasteiger partial charge in [-0.05, 0) is 42.8 Å².